The van der Waals surface area contributed by atoms with Gasteiger partial charge in [-0.1, -0.05) is 0 Å². The topological polar surface area (TPSA) is 41.3 Å². The SMILES string of the molecule is CN(CCO)Cc1ccn(C)n1. The van der Waals surface area contributed by atoms with E-state index in [2.05, 4.69) is 5.10 Å². The number of hydrogen-bond acceptors (Lipinski definition) is 3. The van der Waals surface area contributed by atoms with Gasteiger partial charge in [-0.25, -0.2) is 0 Å². The Morgan fingerprint density at radius 1 is 1.67 bits per heavy atom. The molecular formula is C8H15N3O. The molecule has 0 atom stereocenters. The van der Waals surface area contributed by atoms with Gasteiger partial charge in [0, 0.05) is 26.3 Å². The summed E-state index contributed by atoms with van der Waals surface area (Å²) in [5.41, 5.74) is 1.04. The van der Waals surface area contributed by atoms with Crippen LogP contribution in [0.25, 0.3) is 0 Å². The fourth-order valence-electron chi connectivity index (χ4n) is 1.07. The Morgan fingerprint density at radius 3 is 2.92 bits per heavy atom. The lowest BCUT2D eigenvalue weighted by Crippen LogP contribution is -2.21. The van der Waals surface area contributed by atoms with Crippen LogP contribution in [-0.2, 0) is 13.6 Å². The maximum Gasteiger partial charge on any atom is 0.0764 e. The van der Waals surface area contributed by atoms with E-state index in [0.717, 1.165) is 12.2 Å². The van der Waals surface area contributed by atoms with E-state index in [9.17, 15) is 0 Å². The molecule has 4 heteroatoms. The average molecular weight is 169 g/mol. The first-order valence-corrected chi connectivity index (χ1v) is 4.00. The quantitative estimate of drug-likeness (QED) is 0.681. The van der Waals surface area contributed by atoms with Crippen molar-refractivity contribution >= 4 is 0 Å². The molecule has 1 rings (SSSR count). The van der Waals surface area contributed by atoms with Gasteiger partial charge in [0.15, 0.2) is 0 Å². The minimum atomic E-state index is 0.198. The van der Waals surface area contributed by atoms with E-state index in [1.54, 1.807) is 4.68 Å². The van der Waals surface area contributed by atoms with Gasteiger partial charge in [-0.2, -0.15) is 5.10 Å². The molecule has 12 heavy (non-hydrogen) atoms. The molecule has 0 fully saturated rings. The van der Waals surface area contributed by atoms with E-state index in [-0.39, 0.29) is 6.61 Å². The Morgan fingerprint density at radius 2 is 2.42 bits per heavy atom. The van der Waals surface area contributed by atoms with Gasteiger partial charge in [-0.15, -0.1) is 0 Å². The van der Waals surface area contributed by atoms with Crippen molar-refractivity contribution in [1.29, 1.82) is 0 Å². The molecule has 0 aliphatic carbocycles. The van der Waals surface area contributed by atoms with Gasteiger partial charge in [-0.3, -0.25) is 9.58 Å². The lowest BCUT2D eigenvalue weighted by molar-refractivity contribution is 0.216. The highest BCUT2D eigenvalue weighted by molar-refractivity contribution is 4.97. The highest BCUT2D eigenvalue weighted by Crippen LogP contribution is 1.97. The fraction of sp³-hybridized carbons (Fsp3) is 0.625. The minimum Gasteiger partial charge on any atom is -0.395 e. The summed E-state index contributed by atoms with van der Waals surface area (Å²) in [5.74, 6) is 0. The summed E-state index contributed by atoms with van der Waals surface area (Å²) in [4.78, 5) is 2.03. The molecule has 1 aromatic rings. The van der Waals surface area contributed by atoms with Crippen molar-refractivity contribution in [2.24, 2.45) is 7.05 Å². The van der Waals surface area contributed by atoms with Crippen molar-refractivity contribution in [3.05, 3.63) is 18.0 Å². The second-order valence-electron chi connectivity index (χ2n) is 2.94. The third kappa shape index (κ3) is 2.64. The Kier molecular flexibility index (Phi) is 3.25. The second kappa shape index (κ2) is 4.23. The Hall–Kier alpha value is -0.870. The van der Waals surface area contributed by atoms with Crippen LogP contribution in [0, 0.1) is 0 Å². The van der Waals surface area contributed by atoms with Crippen LogP contribution >= 0.6 is 0 Å². The van der Waals surface area contributed by atoms with Crippen molar-refractivity contribution in [3.63, 3.8) is 0 Å². The van der Waals surface area contributed by atoms with Gasteiger partial charge >= 0.3 is 0 Å². The molecule has 0 unspecified atom stereocenters. The van der Waals surface area contributed by atoms with Crippen molar-refractivity contribution in [2.75, 3.05) is 20.2 Å². The normalized spacial score (nSPS) is 11.0. The molecule has 1 aromatic heterocycles. The molecule has 0 saturated carbocycles. The number of aryl methyl sites for hydroxylation is 1. The van der Waals surface area contributed by atoms with E-state index in [1.807, 2.05) is 31.3 Å². The van der Waals surface area contributed by atoms with Crippen molar-refractivity contribution < 1.29 is 5.11 Å². The summed E-state index contributed by atoms with van der Waals surface area (Å²) in [6.45, 7) is 1.68. The van der Waals surface area contributed by atoms with Gasteiger partial charge in [0.1, 0.15) is 0 Å². The molecule has 0 spiro atoms. The van der Waals surface area contributed by atoms with Crippen molar-refractivity contribution in [2.45, 2.75) is 6.54 Å². The number of likely N-dealkylation sites (N-methyl/N-ethyl adjacent to an activating group) is 1. The molecule has 1 N–H and O–H groups in total. The smallest absolute Gasteiger partial charge is 0.0764 e. The molecular weight excluding hydrogens is 154 g/mol. The number of hydrogen-bond donors (Lipinski definition) is 1. The lowest BCUT2D eigenvalue weighted by Gasteiger charge is -2.12. The first kappa shape index (κ1) is 9.22. The number of aromatic nitrogens is 2. The van der Waals surface area contributed by atoms with Crippen LogP contribution in [0.15, 0.2) is 12.3 Å². The number of rotatable bonds is 4. The maximum atomic E-state index is 8.65. The lowest BCUT2D eigenvalue weighted by atomic mass is 10.4. The molecule has 0 bridgehead atoms. The minimum absolute atomic E-state index is 0.198. The van der Waals surface area contributed by atoms with Gasteiger partial charge in [0.2, 0.25) is 0 Å². The van der Waals surface area contributed by atoms with Crippen molar-refractivity contribution in [3.8, 4) is 0 Å². The van der Waals surface area contributed by atoms with Crippen LogP contribution in [-0.4, -0.2) is 40.0 Å². The van der Waals surface area contributed by atoms with E-state index >= 15 is 0 Å². The summed E-state index contributed by atoms with van der Waals surface area (Å²) >= 11 is 0. The zero-order chi connectivity index (χ0) is 8.97. The Labute approximate surface area is 72.4 Å². The molecule has 0 aromatic carbocycles. The monoisotopic (exact) mass is 169 g/mol. The first-order chi connectivity index (χ1) is 5.72. The van der Waals surface area contributed by atoms with Gasteiger partial charge < -0.3 is 5.11 Å². The van der Waals surface area contributed by atoms with E-state index in [1.165, 1.54) is 0 Å². The summed E-state index contributed by atoms with van der Waals surface area (Å²) in [6.07, 6.45) is 1.92. The van der Waals surface area contributed by atoms with Crippen LogP contribution in [0.2, 0.25) is 0 Å². The van der Waals surface area contributed by atoms with Crippen LogP contribution < -0.4 is 0 Å². The molecule has 1 heterocycles. The standard InChI is InChI=1S/C8H15N3O/c1-10(5-6-12)7-8-3-4-11(2)9-8/h3-4,12H,5-7H2,1-2H3. The Bertz CT molecular complexity index is 234. The van der Waals surface area contributed by atoms with Gasteiger partial charge in [-0.05, 0) is 13.1 Å². The third-order valence-electron chi connectivity index (χ3n) is 1.68. The van der Waals surface area contributed by atoms with Gasteiger partial charge in [0.25, 0.3) is 0 Å². The van der Waals surface area contributed by atoms with Gasteiger partial charge in [0.05, 0.1) is 12.3 Å². The zero-order valence-electron chi connectivity index (χ0n) is 7.56. The highest BCUT2D eigenvalue weighted by atomic mass is 16.3. The number of nitrogens with zero attached hydrogens (tertiary/aromatic N) is 3. The first-order valence-electron chi connectivity index (χ1n) is 4.00. The van der Waals surface area contributed by atoms with Crippen LogP contribution in [0.1, 0.15) is 5.69 Å². The molecule has 68 valence electrons. The fourth-order valence-corrected chi connectivity index (χ4v) is 1.07. The summed E-state index contributed by atoms with van der Waals surface area (Å²) < 4.78 is 1.78. The number of aliphatic hydroxyl groups is 1. The van der Waals surface area contributed by atoms with E-state index in [4.69, 9.17) is 5.11 Å². The molecule has 0 amide bonds. The number of aliphatic hydroxyl groups excluding tert-OH is 1. The molecule has 4 nitrogen and oxygen atoms in total. The Balaban J connectivity index is 2.41. The average Bonchev–Trinajstić information content (AvgIpc) is 2.36. The summed E-state index contributed by atoms with van der Waals surface area (Å²) in [7, 11) is 3.86. The second-order valence-corrected chi connectivity index (χ2v) is 2.94. The predicted octanol–water partition coefficient (Wildman–Crippen LogP) is -0.156. The summed E-state index contributed by atoms with van der Waals surface area (Å²) in [5, 5.41) is 12.9. The third-order valence-corrected chi connectivity index (χ3v) is 1.68. The molecule has 0 radical (unpaired) electrons. The predicted molar refractivity (Wildman–Crippen MR) is 46.6 cm³/mol. The van der Waals surface area contributed by atoms with Crippen LogP contribution in [0.4, 0.5) is 0 Å². The largest absolute Gasteiger partial charge is 0.395 e. The van der Waals surface area contributed by atoms with Crippen molar-refractivity contribution in [1.82, 2.24) is 14.7 Å². The van der Waals surface area contributed by atoms with E-state index < -0.39 is 0 Å². The van der Waals surface area contributed by atoms with Crippen LogP contribution in [0.3, 0.4) is 0 Å². The zero-order valence-corrected chi connectivity index (χ0v) is 7.56. The molecule has 0 aliphatic rings. The summed E-state index contributed by atoms with van der Waals surface area (Å²) in [6, 6.07) is 1.98. The molecule has 0 saturated heterocycles. The maximum absolute atomic E-state index is 8.65. The highest BCUT2D eigenvalue weighted by Gasteiger charge is 2.00. The molecule has 0 aliphatic heterocycles. The van der Waals surface area contributed by atoms with E-state index in [0.29, 0.717) is 6.54 Å². The van der Waals surface area contributed by atoms with Crippen LogP contribution in [0.5, 0.6) is 0 Å².